The number of aromatic nitrogens is 3. The van der Waals surface area contributed by atoms with E-state index < -0.39 is 0 Å². The van der Waals surface area contributed by atoms with E-state index in [9.17, 15) is 0 Å². The molecule has 0 saturated carbocycles. The number of rotatable bonds is 1. The maximum absolute atomic E-state index is 4.53. The molecule has 3 heterocycles. The molecule has 5 heteroatoms. The van der Waals surface area contributed by atoms with Gasteiger partial charge in [0.2, 0.25) is 0 Å². The number of fused-ring (bicyclic) bond motifs is 1. The van der Waals surface area contributed by atoms with Gasteiger partial charge in [0.05, 0.1) is 6.04 Å². The van der Waals surface area contributed by atoms with Crippen molar-refractivity contribution in [2.45, 2.75) is 19.4 Å². The van der Waals surface area contributed by atoms with Gasteiger partial charge in [0, 0.05) is 12.4 Å². The molecule has 0 aromatic carbocycles. The maximum atomic E-state index is 4.53. The summed E-state index contributed by atoms with van der Waals surface area (Å²) in [5.41, 5.74) is 0.776. The Balaban J connectivity index is 2.04. The molecule has 0 aliphatic carbocycles. The third-order valence-electron chi connectivity index (χ3n) is 2.86. The standard InChI is InChI=1S/C10H12N4S/c1-6-2-3-11-7(6)9-14-8-10(15-9)13-5-4-12-8/h4-7,11H,2-3H2,1H3. The summed E-state index contributed by atoms with van der Waals surface area (Å²) in [6.45, 7) is 3.35. The second-order valence-corrected chi connectivity index (χ2v) is 4.94. The van der Waals surface area contributed by atoms with Gasteiger partial charge in [-0.05, 0) is 18.9 Å². The Morgan fingerprint density at radius 3 is 3.00 bits per heavy atom. The monoisotopic (exact) mass is 220 g/mol. The van der Waals surface area contributed by atoms with Crippen molar-refractivity contribution in [1.82, 2.24) is 20.3 Å². The molecule has 0 radical (unpaired) electrons. The quantitative estimate of drug-likeness (QED) is 0.795. The lowest BCUT2D eigenvalue weighted by molar-refractivity contribution is 0.502. The van der Waals surface area contributed by atoms with Crippen molar-refractivity contribution in [3.05, 3.63) is 17.4 Å². The topological polar surface area (TPSA) is 50.7 Å². The summed E-state index contributed by atoms with van der Waals surface area (Å²) in [6.07, 6.45) is 4.63. The molecular weight excluding hydrogens is 208 g/mol. The van der Waals surface area contributed by atoms with Crippen LogP contribution in [0, 0.1) is 5.92 Å². The van der Waals surface area contributed by atoms with Crippen LogP contribution in [0.3, 0.4) is 0 Å². The summed E-state index contributed by atoms with van der Waals surface area (Å²) in [5.74, 6) is 0.658. The number of nitrogens with zero attached hydrogens (tertiary/aromatic N) is 3. The maximum Gasteiger partial charge on any atom is 0.189 e. The fourth-order valence-corrected chi connectivity index (χ4v) is 3.07. The first-order chi connectivity index (χ1) is 7.34. The highest BCUT2D eigenvalue weighted by atomic mass is 32.1. The zero-order valence-corrected chi connectivity index (χ0v) is 9.29. The Hall–Kier alpha value is -1.07. The Bertz CT molecular complexity index is 448. The Kier molecular flexibility index (Phi) is 2.14. The van der Waals surface area contributed by atoms with Crippen molar-refractivity contribution < 1.29 is 0 Å². The Morgan fingerprint density at radius 1 is 1.40 bits per heavy atom. The largest absolute Gasteiger partial charge is 0.308 e. The summed E-state index contributed by atoms with van der Waals surface area (Å²) in [5, 5.41) is 4.60. The van der Waals surface area contributed by atoms with Gasteiger partial charge in [-0.25, -0.2) is 15.0 Å². The van der Waals surface area contributed by atoms with Gasteiger partial charge < -0.3 is 5.32 Å². The van der Waals surface area contributed by atoms with Crippen molar-refractivity contribution in [3.63, 3.8) is 0 Å². The van der Waals surface area contributed by atoms with Gasteiger partial charge in [0.1, 0.15) is 5.01 Å². The van der Waals surface area contributed by atoms with Gasteiger partial charge in [-0.15, -0.1) is 0 Å². The van der Waals surface area contributed by atoms with E-state index in [1.54, 1.807) is 23.7 Å². The summed E-state index contributed by atoms with van der Waals surface area (Å²) >= 11 is 1.65. The summed E-state index contributed by atoms with van der Waals surface area (Å²) in [6, 6.07) is 0.394. The third kappa shape index (κ3) is 1.52. The molecule has 0 spiro atoms. The van der Waals surface area contributed by atoms with E-state index in [0.29, 0.717) is 12.0 Å². The molecule has 78 valence electrons. The second kappa shape index (κ2) is 3.50. The number of thiazole rings is 1. The molecule has 2 aromatic heterocycles. The van der Waals surface area contributed by atoms with E-state index in [-0.39, 0.29) is 0 Å². The van der Waals surface area contributed by atoms with Crippen molar-refractivity contribution in [1.29, 1.82) is 0 Å². The van der Waals surface area contributed by atoms with Gasteiger partial charge in [-0.3, -0.25) is 0 Å². The van der Waals surface area contributed by atoms with Gasteiger partial charge in [0.25, 0.3) is 0 Å². The van der Waals surface area contributed by atoms with Crippen LogP contribution in [0.15, 0.2) is 12.4 Å². The van der Waals surface area contributed by atoms with E-state index in [1.165, 1.54) is 6.42 Å². The molecule has 4 nitrogen and oxygen atoms in total. The van der Waals surface area contributed by atoms with Crippen LogP contribution in [0.1, 0.15) is 24.4 Å². The fraction of sp³-hybridized carbons (Fsp3) is 0.500. The van der Waals surface area contributed by atoms with Crippen molar-refractivity contribution in [2.24, 2.45) is 5.92 Å². The van der Waals surface area contributed by atoms with E-state index >= 15 is 0 Å². The first-order valence-corrected chi connectivity index (χ1v) is 5.97. The zero-order chi connectivity index (χ0) is 10.3. The van der Waals surface area contributed by atoms with Crippen LogP contribution in [0.5, 0.6) is 0 Å². The molecule has 1 aliphatic rings. The number of hydrogen-bond donors (Lipinski definition) is 1. The summed E-state index contributed by atoms with van der Waals surface area (Å²) in [4.78, 5) is 13.9. The molecule has 0 amide bonds. The van der Waals surface area contributed by atoms with E-state index in [0.717, 1.165) is 22.0 Å². The molecule has 2 aromatic rings. The summed E-state index contributed by atoms with van der Waals surface area (Å²) in [7, 11) is 0. The molecule has 1 fully saturated rings. The van der Waals surface area contributed by atoms with Crippen LogP contribution >= 0.6 is 11.3 Å². The van der Waals surface area contributed by atoms with Crippen LogP contribution in [-0.2, 0) is 0 Å². The molecule has 1 saturated heterocycles. The van der Waals surface area contributed by atoms with Gasteiger partial charge in [-0.2, -0.15) is 0 Å². The number of nitrogens with one attached hydrogen (secondary N) is 1. The van der Waals surface area contributed by atoms with Crippen LogP contribution in [0.2, 0.25) is 0 Å². The highest BCUT2D eigenvalue weighted by Crippen LogP contribution is 2.32. The lowest BCUT2D eigenvalue weighted by Crippen LogP contribution is -2.16. The molecule has 2 unspecified atom stereocenters. The molecule has 0 bridgehead atoms. The third-order valence-corrected chi connectivity index (χ3v) is 3.90. The van der Waals surface area contributed by atoms with Crippen molar-refractivity contribution >= 4 is 21.8 Å². The minimum absolute atomic E-state index is 0.394. The average Bonchev–Trinajstić information content (AvgIpc) is 2.82. The highest BCUT2D eigenvalue weighted by Gasteiger charge is 2.27. The zero-order valence-electron chi connectivity index (χ0n) is 8.47. The van der Waals surface area contributed by atoms with Gasteiger partial charge >= 0.3 is 0 Å². The van der Waals surface area contributed by atoms with Crippen LogP contribution in [0.25, 0.3) is 10.5 Å². The van der Waals surface area contributed by atoms with E-state index in [2.05, 4.69) is 27.2 Å². The molecular formula is C10H12N4S. The molecule has 15 heavy (non-hydrogen) atoms. The van der Waals surface area contributed by atoms with Crippen LogP contribution in [-0.4, -0.2) is 21.5 Å². The van der Waals surface area contributed by atoms with Crippen molar-refractivity contribution in [2.75, 3.05) is 6.54 Å². The van der Waals surface area contributed by atoms with E-state index in [4.69, 9.17) is 0 Å². The van der Waals surface area contributed by atoms with E-state index in [1.807, 2.05) is 0 Å². The lowest BCUT2D eigenvalue weighted by Gasteiger charge is -2.10. The predicted molar refractivity (Wildman–Crippen MR) is 59.7 cm³/mol. The van der Waals surface area contributed by atoms with Crippen LogP contribution in [0.4, 0.5) is 0 Å². The number of hydrogen-bond acceptors (Lipinski definition) is 5. The summed E-state index contributed by atoms with van der Waals surface area (Å²) < 4.78 is 0. The highest BCUT2D eigenvalue weighted by molar-refractivity contribution is 7.18. The minimum atomic E-state index is 0.394. The minimum Gasteiger partial charge on any atom is -0.308 e. The first-order valence-electron chi connectivity index (χ1n) is 5.15. The SMILES string of the molecule is CC1CCNC1c1nc2nccnc2s1. The fourth-order valence-electron chi connectivity index (χ4n) is 1.99. The normalized spacial score (nSPS) is 26.2. The smallest absolute Gasteiger partial charge is 0.189 e. The first kappa shape index (κ1) is 9.18. The Labute approximate surface area is 91.8 Å². The predicted octanol–water partition coefficient (Wildman–Crippen LogP) is 1.76. The second-order valence-electron chi connectivity index (χ2n) is 3.93. The van der Waals surface area contributed by atoms with Crippen molar-refractivity contribution in [3.8, 4) is 0 Å². The van der Waals surface area contributed by atoms with Crippen LogP contribution < -0.4 is 5.32 Å². The van der Waals surface area contributed by atoms with Gasteiger partial charge in [0.15, 0.2) is 10.5 Å². The molecule has 1 aliphatic heterocycles. The average molecular weight is 220 g/mol. The molecule has 2 atom stereocenters. The lowest BCUT2D eigenvalue weighted by atomic mass is 10.0. The molecule has 1 N–H and O–H groups in total. The Morgan fingerprint density at radius 2 is 2.27 bits per heavy atom. The van der Waals surface area contributed by atoms with Gasteiger partial charge in [-0.1, -0.05) is 18.3 Å². The molecule has 3 rings (SSSR count).